The summed E-state index contributed by atoms with van der Waals surface area (Å²) in [6.07, 6.45) is 1.68. The Labute approximate surface area is 93.4 Å². The average molecular weight is 243 g/mol. The van der Waals surface area contributed by atoms with Crippen molar-refractivity contribution in [3.63, 3.8) is 0 Å². The molecule has 0 spiro atoms. The second-order valence-electron chi connectivity index (χ2n) is 3.14. The summed E-state index contributed by atoms with van der Waals surface area (Å²) in [6, 6.07) is 2.49. The van der Waals surface area contributed by atoms with Crippen molar-refractivity contribution in [2.45, 2.75) is 13.3 Å². The van der Waals surface area contributed by atoms with Gasteiger partial charge in [-0.3, -0.25) is 9.71 Å². The molecule has 0 radical (unpaired) electrons. The highest BCUT2D eigenvalue weighted by Crippen LogP contribution is 2.10. The van der Waals surface area contributed by atoms with E-state index in [1.807, 2.05) is 0 Å². The Morgan fingerprint density at radius 1 is 1.56 bits per heavy atom. The zero-order valence-corrected chi connectivity index (χ0v) is 9.45. The van der Waals surface area contributed by atoms with E-state index in [-0.39, 0.29) is 17.1 Å². The van der Waals surface area contributed by atoms with Crippen LogP contribution in [-0.4, -0.2) is 25.1 Å². The Kier molecular flexibility index (Phi) is 3.83. The van der Waals surface area contributed by atoms with Gasteiger partial charge >= 0.3 is 0 Å². The van der Waals surface area contributed by atoms with Crippen LogP contribution in [0.1, 0.15) is 23.8 Å². The van der Waals surface area contributed by atoms with Crippen molar-refractivity contribution in [1.29, 1.82) is 0 Å². The Balaban J connectivity index is 2.90. The molecule has 1 heterocycles. The van der Waals surface area contributed by atoms with Gasteiger partial charge in [0.25, 0.3) is 0 Å². The van der Waals surface area contributed by atoms with Gasteiger partial charge in [-0.05, 0) is 18.6 Å². The summed E-state index contributed by atoms with van der Waals surface area (Å²) < 4.78 is 25.0. The SMILES string of the molecule is CCCS(=O)(=O)Nc1ccnc(C(=O)[O-])c1. The van der Waals surface area contributed by atoms with Crippen LogP contribution in [-0.2, 0) is 10.0 Å². The van der Waals surface area contributed by atoms with Gasteiger partial charge in [-0.25, -0.2) is 8.42 Å². The number of rotatable bonds is 5. The number of carbonyl (C=O) groups excluding carboxylic acids is 1. The van der Waals surface area contributed by atoms with Crippen LogP contribution in [0, 0.1) is 0 Å². The van der Waals surface area contributed by atoms with Crippen molar-refractivity contribution in [3.8, 4) is 0 Å². The largest absolute Gasteiger partial charge is 0.543 e. The lowest BCUT2D eigenvalue weighted by Crippen LogP contribution is -2.24. The summed E-state index contributed by atoms with van der Waals surface area (Å²) in [6.45, 7) is 1.73. The fraction of sp³-hybridized carbons (Fsp3) is 0.333. The van der Waals surface area contributed by atoms with Crippen molar-refractivity contribution in [1.82, 2.24) is 4.98 Å². The third-order valence-corrected chi connectivity index (χ3v) is 3.21. The first kappa shape index (κ1) is 12.4. The van der Waals surface area contributed by atoms with E-state index in [2.05, 4.69) is 9.71 Å². The molecule has 7 heteroatoms. The van der Waals surface area contributed by atoms with Gasteiger partial charge in [-0.1, -0.05) is 6.92 Å². The number of anilines is 1. The molecule has 0 aliphatic carbocycles. The second-order valence-corrected chi connectivity index (χ2v) is 4.98. The van der Waals surface area contributed by atoms with Gasteiger partial charge in [0.1, 0.15) is 0 Å². The van der Waals surface area contributed by atoms with Gasteiger partial charge in [-0.15, -0.1) is 0 Å². The molecule has 1 aromatic heterocycles. The van der Waals surface area contributed by atoms with E-state index in [9.17, 15) is 18.3 Å². The van der Waals surface area contributed by atoms with E-state index in [4.69, 9.17) is 0 Å². The van der Waals surface area contributed by atoms with Crippen LogP contribution < -0.4 is 9.83 Å². The molecule has 88 valence electrons. The minimum atomic E-state index is -3.42. The number of carbonyl (C=O) groups is 1. The lowest BCUT2D eigenvalue weighted by atomic mass is 10.3. The molecule has 0 unspecified atom stereocenters. The monoisotopic (exact) mass is 243 g/mol. The summed E-state index contributed by atoms with van der Waals surface area (Å²) in [7, 11) is -3.42. The molecule has 0 aliphatic heterocycles. The molecule has 1 N–H and O–H groups in total. The number of aromatic carboxylic acids is 1. The number of aromatic nitrogens is 1. The summed E-state index contributed by atoms with van der Waals surface area (Å²) in [4.78, 5) is 14.0. The summed E-state index contributed by atoms with van der Waals surface area (Å²) in [5, 5.41) is 10.5. The highest BCUT2D eigenvalue weighted by atomic mass is 32.2. The molecule has 0 fully saturated rings. The number of hydrogen-bond acceptors (Lipinski definition) is 5. The lowest BCUT2D eigenvalue weighted by Gasteiger charge is -2.08. The number of carboxylic acids is 1. The molecular formula is C9H11N2O4S-. The van der Waals surface area contributed by atoms with E-state index in [1.54, 1.807) is 6.92 Å². The molecule has 0 amide bonds. The van der Waals surface area contributed by atoms with E-state index < -0.39 is 16.0 Å². The quantitative estimate of drug-likeness (QED) is 0.758. The van der Waals surface area contributed by atoms with Crippen LogP contribution in [0.25, 0.3) is 0 Å². The van der Waals surface area contributed by atoms with Gasteiger partial charge in [0.2, 0.25) is 10.0 Å². The van der Waals surface area contributed by atoms with E-state index >= 15 is 0 Å². The topological polar surface area (TPSA) is 99.2 Å². The second kappa shape index (κ2) is 4.93. The van der Waals surface area contributed by atoms with E-state index in [0.29, 0.717) is 6.42 Å². The number of hydrogen-bond donors (Lipinski definition) is 1. The first-order valence-corrected chi connectivity index (χ1v) is 6.27. The van der Waals surface area contributed by atoms with Crippen LogP contribution in [0.4, 0.5) is 5.69 Å². The maximum absolute atomic E-state index is 11.4. The van der Waals surface area contributed by atoms with E-state index in [0.717, 1.165) is 6.07 Å². The number of carboxylic acid groups (broad SMARTS) is 1. The maximum atomic E-state index is 11.4. The summed E-state index contributed by atoms with van der Waals surface area (Å²) in [5.74, 6) is -1.47. The molecule has 0 aliphatic rings. The van der Waals surface area contributed by atoms with Crippen molar-refractivity contribution >= 4 is 21.7 Å². The van der Waals surface area contributed by atoms with Crippen molar-refractivity contribution in [2.75, 3.05) is 10.5 Å². The predicted molar refractivity (Wildman–Crippen MR) is 56.3 cm³/mol. The summed E-state index contributed by atoms with van der Waals surface area (Å²) in [5.41, 5.74) is -0.139. The highest BCUT2D eigenvalue weighted by Gasteiger charge is 2.09. The molecule has 1 rings (SSSR count). The number of nitrogens with one attached hydrogen (secondary N) is 1. The van der Waals surface area contributed by atoms with E-state index in [1.165, 1.54) is 12.3 Å². The molecule has 0 saturated heterocycles. The van der Waals surface area contributed by atoms with Crippen LogP contribution in [0.5, 0.6) is 0 Å². The molecule has 16 heavy (non-hydrogen) atoms. The van der Waals surface area contributed by atoms with Crippen molar-refractivity contribution in [3.05, 3.63) is 24.0 Å². The van der Waals surface area contributed by atoms with Gasteiger partial charge in [-0.2, -0.15) is 0 Å². The Bertz CT molecular complexity index is 484. The van der Waals surface area contributed by atoms with Crippen LogP contribution in [0.15, 0.2) is 18.3 Å². The molecule has 6 nitrogen and oxygen atoms in total. The zero-order valence-electron chi connectivity index (χ0n) is 8.63. The van der Waals surface area contributed by atoms with Gasteiger partial charge in [0.05, 0.1) is 23.1 Å². The van der Waals surface area contributed by atoms with Crippen LogP contribution in [0.2, 0.25) is 0 Å². The Morgan fingerprint density at radius 2 is 2.25 bits per heavy atom. The number of pyridine rings is 1. The van der Waals surface area contributed by atoms with Crippen LogP contribution in [0.3, 0.4) is 0 Å². The molecule has 0 saturated carbocycles. The van der Waals surface area contributed by atoms with Crippen molar-refractivity contribution in [2.24, 2.45) is 0 Å². The van der Waals surface area contributed by atoms with Crippen LogP contribution >= 0.6 is 0 Å². The smallest absolute Gasteiger partial charge is 0.232 e. The zero-order chi connectivity index (χ0) is 12.2. The molecule has 0 aromatic carbocycles. The van der Waals surface area contributed by atoms with Gasteiger partial charge < -0.3 is 9.90 Å². The van der Waals surface area contributed by atoms with Gasteiger partial charge in [0, 0.05) is 6.20 Å². The first-order valence-electron chi connectivity index (χ1n) is 4.62. The maximum Gasteiger partial charge on any atom is 0.232 e. The Hall–Kier alpha value is -1.63. The third-order valence-electron chi connectivity index (χ3n) is 1.72. The molecule has 1 aromatic rings. The average Bonchev–Trinajstić information content (AvgIpc) is 2.17. The highest BCUT2D eigenvalue weighted by molar-refractivity contribution is 7.92. The Morgan fingerprint density at radius 3 is 2.81 bits per heavy atom. The fourth-order valence-electron chi connectivity index (χ4n) is 1.10. The minimum Gasteiger partial charge on any atom is -0.543 e. The van der Waals surface area contributed by atoms with Gasteiger partial charge in [0.15, 0.2) is 0 Å². The molecule has 0 bridgehead atoms. The summed E-state index contributed by atoms with van der Waals surface area (Å²) >= 11 is 0. The minimum absolute atomic E-state index is 0.0179. The third kappa shape index (κ3) is 3.50. The first-order chi connectivity index (χ1) is 7.44. The predicted octanol–water partition coefficient (Wildman–Crippen LogP) is -0.403. The normalized spacial score (nSPS) is 11.1. The number of nitrogens with zero attached hydrogens (tertiary/aromatic N) is 1. The van der Waals surface area contributed by atoms with Crippen molar-refractivity contribution < 1.29 is 18.3 Å². The molecular weight excluding hydrogens is 232 g/mol. The fourth-order valence-corrected chi connectivity index (χ4v) is 2.23. The standard InChI is InChI=1S/C9H12N2O4S/c1-2-5-16(14,15)11-7-3-4-10-8(6-7)9(12)13/h3-4,6H,2,5H2,1H3,(H,10,11)(H,12,13)/p-1. The number of sulfonamides is 1. The molecule has 0 atom stereocenters. The lowest BCUT2D eigenvalue weighted by molar-refractivity contribution is -0.255.